The van der Waals surface area contributed by atoms with Crippen LogP contribution in [0.4, 0.5) is 4.79 Å². The van der Waals surface area contributed by atoms with Crippen LogP contribution in [0.5, 0.6) is 0 Å². The first kappa shape index (κ1) is 16.1. The van der Waals surface area contributed by atoms with Gasteiger partial charge in [-0.3, -0.25) is 0 Å². The number of aromatic nitrogens is 1. The van der Waals surface area contributed by atoms with Crippen molar-refractivity contribution in [1.29, 1.82) is 0 Å². The molecule has 1 atom stereocenters. The number of carbonyl (C=O) groups is 2. The van der Waals surface area contributed by atoms with Crippen molar-refractivity contribution in [3.05, 3.63) is 48.2 Å². The summed E-state index contributed by atoms with van der Waals surface area (Å²) >= 11 is 0. The van der Waals surface area contributed by atoms with Crippen molar-refractivity contribution >= 4 is 12.0 Å². The van der Waals surface area contributed by atoms with Crippen LogP contribution in [0.25, 0.3) is 11.3 Å². The molecule has 1 aliphatic rings. The van der Waals surface area contributed by atoms with Crippen LogP contribution in [0.2, 0.25) is 0 Å². The van der Waals surface area contributed by atoms with Gasteiger partial charge in [-0.1, -0.05) is 30.3 Å². The Bertz CT molecular complexity index is 739. The Balaban J connectivity index is 1.68. The molecule has 3 rings (SSSR count). The first-order valence-electron chi connectivity index (χ1n) is 8.02. The van der Waals surface area contributed by atoms with Crippen LogP contribution in [0.1, 0.15) is 23.3 Å². The molecule has 1 aromatic carbocycles. The van der Waals surface area contributed by atoms with Crippen LogP contribution >= 0.6 is 0 Å². The Kier molecular flexibility index (Phi) is 4.55. The molecule has 6 nitrogen and oxygen atoms in total. The number of carbonyl (C=O) groups excluding carboxylic acids is 2. The van der Waals surface area contributed by atoms with Gasteiger partial charge >= 0.3 is 12.0 Å². The van der Waals surface area contributed by atoms with Crippen molar-refractivity contribution in [2.45, 2.75) is 18.9 Å². The van der Waals surface area contributed by atoms with Gasteiger partial charge < -0.3 is 19.9 Å². The number of primary amides is 1. The summed E-state index contributed by atoms with van der Waals surface area (Å²) in [5.41, 5.74) is 7.81. The highest BCUT2D eigenvalue weighted by atomic mass is 16.5. The molecular formula is C18H21N3O3. The molecule has 0 aliphatic carbocycles. The van der Waals surface area contributed by atoms with E-state index >= 15 is 0 Å². The molecule has 2 heterocycles. The molecule has 1 saturated heterocycles. The molecule has 126 valence electrons. The van der Waals surface area contributed by atoms with E-state index in [1.54, 1.807) is 11.0 Å². The number of hydrogen-bond donors (Lipinski definition) is 1. The lowest BCUT2D eigenvalue weighted by Crippen LogP contribution is -2.42. The van der Waals surface area contributed by atoms with Gasteiger partial charge in [0.05, 0.1) is 6.04 Å². The monoisotopic (exact) mass is 327 g/mol. The van der Waals surface area contributed by atoms with Crippen molar-refractivity contribution in [1.82, 2.24) is 9.47 Å². The maximum atomic E-state index is 12.4. The third kappa shape index (κ3) is 3.13. The lowest BCUT2D eigenvalue weighted by atomic mass is 10.2. The highest BCUT2D eigenvalue weighted by molar-refractivity contribution is 5.89. The topological polar surface area (TPSA) is 77.6 Å². The molecule has 1 fully saturated rings. The molecule has 0 radical (unpaired) electrons. The van der Waals surface area contributed by atoms with E-state index in [0.717, 1.165) is 24.1 Å². The summed E-state index contributed by atoms with van der Waals surface area (Å²) in [7, 11) is 1.84. The van der Waals surface area contributed by atoms with Gasteiger partial charge in [-0.25, -0.2) is 9.59 Å². The first-order valence-corrected chi connectivity index (χ1v) is 8.02. The van der Waals surface area contributed by atoms with Crippen molar-refractivity contribution in [2.75, 3.05) is 13.2 Å². The molecule has 1 aliphatic heterocycles. The number of benzene rings is 1. The zero-order valence-corrected chi connectivity index (χ0v) is 13.6. The number of nitrogens with zero attached hydrogens (tertiary/aromatic N) is 2. The molecule has 1 aromatic heterocycles. The zero-order valence-electron chi connectivity index (χ0n) is 13.6. The second-order valence-electron chi connectivity index (χ2n) is 5.96. The number of rotatable bonds is 4. The Labute approximate surface area is 140 Å². The van der Waals surface area contributed by atoms with Gasteiger partial charge in [-0.05, 0) is 30.5 Å². The summed E-state index contributed by atoms with van der Waals surface area (Å²) < 4.78 is 7.23. The molecule has 0 saturated carbocycles. The third-order valence-corrected chi connectivity index (χ3v) is 4.47. The first-order chi connectivity index (χ1) is 11.6. The van der Waals surface area contributed by atoms with Crippen LogP contribution in [0, 0.1) is 0 Å². The van der Waals surface area contributed by atoms with E-state index in [1.807, 2.05) is 48.0 Å². The fraction of sp³-hybridized carbons (Fsp3) is 0.333. The van der Waals surface area contributed by atoms with Crippen LogP contribution < -0.4 is 5.73 Å². The predicted octanol–water partition coefficient (Wildman–Crippen LogP) is 2.39. The summed E-state index contributed by atoms with van der Waals surface area (Å²) in [6.45, 7) is 0.799. The second-order valence-corrected chi connectivity index (χ2v) is 5.96. The fourth-order valence-corrected chi connectivity index (χ4v) is 3.16. The molecule has 0 spiro atoms. The van der Waals surface area contributed by atoms with E-state index in [-0.39, 0.29) is 12.6 Å². The Hall–Kier alpha value is -2.76. The van der Waals surface area contributed by atoms with E-state index < -0.39 is 12.0 Å². The molecule has 2 N–H and O–H groups in total. The van der Waals surface area contributed by atoms with Crippen LogP contribution in [0.3, 0.4) is 0 Å². The highest BCUT2D eigenvalue weighted by Gasteiger charge is 2.28. The maximum Gasteiger partial charge on any atom is 0.355 e. The normalized spacial score (nSPS) is 17.0. The summed E-state index contributed by atoms with van der Waals surface area (Å²) in [6, 6.07) is 12.9. The molecule has 0 bridgehead atoms. The summed E-state index contributed by atoms with van der Waals surface area (Å²) in [4.78, 5) is 25.3. The molecular weight excluding hydrogens is 306 g/mol. The lowest BCUT2D eigenvalue weighted by molar-refractivity contribution is 0.0411. The lowest BCUT2D eigenvalue weighted by Gasteiger charge is -2.22. The van der Waals surface area contributed by atoms with Crippen molar-refractivity contribution in [2.24, 2.45) is 12.8 Å². The van der Waals surface area contributed by atoms with Crippen molar-refractivity contribution in [3.8, 4) is 11.3 Å². The average Bonchev–Trinajstić information content (AvgIpc) is 3.20. The summed E-state index contributed by atoms with van der Waals surface area (Å²) in [5, 5.41) is 0. The minimum Gasteiger partial charge on any atom is -0.459 e. The minimum absolute atomic E-state index is 0.125. The Morgan fingerprint density at radius 1 is 1.21 bits per heavy atom. The van der Waals surface area contributed by atoms with Crippen molar-refractivity contribution < 1.29 is 14.3 Å². The molecule has 24 heavy (non-hydrogen) atoms. The molecule has 1 unspecified atom stereocenters. The number of esters is 1. The van der Waals surface area contributed by atoms with Crippen LogP contribution in [0.15, 0.2) is 42.5 Å². The number of ether oxygens (including phenoxy) is 1. The minimum atomic E-state index is -0.459. The average molecular weight is 327 g/mol. The highest BCUT2D eigenvalue weighted by Crippen LogP contribution is 2.22. The second kappa shape index (κ2) is 6.78. The Morgan fingerprint density at radius 3 is 2.67 bits per heavy atom. The predicted molar refractivity (Wildman–Crippen MR) is 90.4 cm³/mol. The number of urea groups is 1. The van der Waals surface area contributed by atoms with Gasteiger partial charge in [-0.2, -0.15) is 0 Å². The molecule has 2 amide bonds. The number of likely N-dealkylation sites (tertiary alicyclic amines) is 1. The molecule has 6 heteroatoms. The summed E-state index contributed by atoms with van der Waals surface area (Å²) in [5.74, 6) is -0.393. The van der Waals surface area contributed by atoms with Gasteiger partial charge in [0.15, 0.2) is 0 Å². The SMILES string of the molecule is Cn1c(C(=O)OCC2CCCN2C(N)=O)ccc1-c1ccccc1. The number of nitrogens with two attached hydrogens (primary N) is 1. The van der Waals surface area contributed by atoms with Crippen LogP contribution in [-0.4, -0.2) is 40.7 Å². The standard InChI is InChI=1S/C18H21N3O3/c1-20-15(13-6-3-2-4-7-13)9-10-16(20)17(22)24-12-14-8-5-11-21(14)18(19)23/h2-4,6-7,9-10,14H,5,8,11-12H2,1H3,(H2,19,23). The largest absolute Gasteiger partial charge is 0.459 e. The zero-order chi connectivity index (χ0) is 17.1. The van der Waals surface area contributed by atoms with Gasteiger partial charge in [0.2, 0.25) is 0 Å². The fourth-order valence-electron chi connectivity index (χ4n) is 3.16. The van der Waals surface area contributed by atoms with E-state index in [9.17, 15) is 9.59 Å². The smallest absolute Gasteiger partial charge is 0.355 e. The van der Waals surface area contributed by atoms with E-state index in [1.165, 1.54) is 0 Å². The number of amides is 2. The van der Waals surface area contributed by atoms with E-state index in [4.69, 9.17) is 10.5 Å². The van der Waals surface area contributed by atoms with E-state index in [2.05, 4.69) is 0 Å². The summed E-state index contributed by atoms with van der Waals surface area (Å²) in [6.07, 6.45) is 1.69. The quantitative estimate of drug-likeness (QED) is 0.876. The van der Waals surface area contributed by atoms with Crippen molar-refractivity contribution in [3.63, 3.8) is 0 Å². The van der Waals surface area contributed by atoms with Gasteiger partial charge in [-0.15, -0.1) is 0 Å². The van der Waals surface area contributed by atoms with Gasteiger partial charge in [0, 0.05) is 19.3 Å². The van der Waals surface area contributed by atoms with E-state index in [0.29, 0.717) is 12.2 Å². The molecule has 2 aromatic rings. The third-order valence-electron chi connectivity index (χ3n) is 4.47. The maximum absolute atomic E-state index is 12.4. The Morgan fingerprint density at radius 2 is 1.96 bits per heavy atom. The van der Waals surface area contributed by atoms with Gasteiger partial charge in [0.1, 0.15) is 12.3 Å². The number of hydrogen-bond acceptors (Lipinski definition) is 3. The van der Waals surface area contributed by atoms with Gasteiger partial charge in [0.25, 0.3) is 0 Å². The van der Waals surface area contributed by atoms with Crippen LogP contribution in [-0.2, 0) is 11.8 Å².